The van der Waals surface area contributed by atoms with Crippen molar-refractivity contribution in [3.8, 4) is 0 Å². The number of hydrogen-bond donors (Lipinski definition) is 0. The zero-order valence-corrected chi connectivity index (χ0v) is 52.6. The first-order valence-electron chi connectivity index (χ1n) is 33.9. The van der Waals surface area contributed by atoms with Crippen molar-refractivity contribution < 1.29 is 28.6 Å². The van der Waals surface area contributed by atoms with Crippen LogP contribution in [0.4, 0.5) is 0 Å². The third-order valence-corrected chi connectivity index (χ3v) is 14.5. The van der Waals surface area contributed by atoms with Crippen molar-refractivity contribution in [3.05, 3.63) is 109 Å². The molecule has 0 rings (SSSR count). The van der Waals surface area contributed by atoms with E-state index in [1.54, 1.807) is 0 Å². The lowest BCUT2D eigenvalue weighted by Crippen LogP contribution is -2.30. The summed E-state index contributed by atoms with van der Waals surface area (Å²) in [6, 6.07) is 0. The van der Waals surface area contributed by atoms with Crippen LogP contribution >= 0.6 is 0 Å². The standard InChI is InChI=1S/C74H126O6/c1-4-7-10-13-16-19-22-25-28-31-33-34-35-36-37-38-39-40-41-44-46-49-52-55-58-61-64-67-73(76)79-70-71(69-78-72(75)66-63-60-57-54-51-48-45-42-30-27-24-21-18-15-12-9-6-3)80-74(77)68-65-62-59-56-53-50-47-43-32-29-26-23-20-17-14-11-8-5-2/h7,9-10,12,16,18-19,21,25,27-30,32-34,45,48,71H,4-6,8,11,13-15,17,20,22-24,26,31,35-44,46-47,49-70H2,1-3H3/b10-7-,12-9-,19-16-,21-18-,28-25-,30-27-,32-29-,34-33-,48-45-. The number of allylic oxidation sites excluding steroid dienone is 18. The van der Waals surface area contributed by atoms with Crippen LogP contribution in [0.15, 0.2) is 109 Å². The van der Waals surface area contributed by atoms with Gasteiger partial charge < -0.3 is 14.2 Å². The Balaban J connectivity index is 4.35. The quantitative estimate of drug-likeness (QED) is 0.0261. The predicted octanol–water partition coefficient (Wildman–Crippen LogP) is 23.4. The highest BCUT2D eigenvalue weighted by molar-refractivity contribution is 5.71. The Labute approximate surface area is 495 Å². The molecule has 80 heavy (non-hydrogen) atoms. The van der Waals surface area contributed by atoms with Crippen LogP contribution in [0.2, 0.25) is 0 Å². The molecule has 458 valence electrons. The van der Waals surface area contributed by atoms with Gasteiger partial charge in [0.1, 0.15) is 13.2 Å². The Hall–Kier alpha value is -3.93. The van der Waals surface area contributed by atoms with Crippen LogP contribution in [0.25, 0.3) is 0 Å². The second-order valence-corrected chi connectivity index (χ2v) is 22.3. The number of rotatable bonds is 61. The summed E-state index contributed by atoms with van der Waals surface area (Å²) in [5.41, 5.74) is 0. The van der Waals surface area contributed by atoms with Crippen LogP contribution in [-0.4, -0.2) is 37.2 Å². The maximum Gasteiger partial charge on any atom is 0.306 e. The topological polar surface area (TPSA) is 78.9 Å². The first-order valence-corrected chi connectivity index (χ1v) is 33.9. The summed E-state index contributed by atoms with van der Waals surface area (Å²) in [5.74, 6) is -0.905. The van der Waals surface area contributed by atoms with Gasteiger partial charge in [0.25, 0.3) is 0 Å². The van der Waals surface area contributed by atoms with Gasteiger partial charge in [-0.05, 0) is 122 Å². The van der Waals surface area contributed by atoms with Gasteiger partial charge >= 0.3 is 17.9 Å². The molecule has 1 atom stereocenters. The van der Waals surface area contributed by atoms with E-state index in [4.69, 9.17) is 14.2 Å². The number of carbonyl (C=O) groups excluding carboxylic acids is 3. The van der Waals surface area contributed by atoms with Gasteiger partial charge in [0.15, 0.2) is 6.10 Å². The maximum atomic E-state index is 12.9. The highest BCUT2D eigenvalue weighted by Crippen LogP contribution is 2.17. The normalized spacial score (nSPS) is 12.8. The summed E-state index contributed by atoms with van der Waals surface area (Å²) in [7, 11) is 0. The molecule has 0 amide bonds. The maximum absolute atomic E-state index is 12.9. The van der Waals surface area contributed by atoms with E-state index in [0.717, 1.165) is 122 Å². The molecule has 0 radical (unpaired) electrons. The highest BCUT2D eigenvalue weighted by Gasteiger charge is 2.19. The molecule has 0 saturated carbocycles. The van der Waals surface area contributed by atoms with Crippen LogP contribution < -0.4 is 0 Å². The molecule has 0 saturated heterocycles. The largest absolute Gasteiger partial charge is 0.462 e. The molecule has 0 fully saturated rings. The molecule has 0 aromatic rings. The highest BCUT2D eigenvalue weighted by atomic mass is 16.6. The SMILES string of the molecule is CC/C=C\C/C=C\C/C=C\C/C=C\CCCCCCCCCCCCCCCCC(=O)OCC(COC(=O)CCCCCC/C=C\C/C=C\C/C=C\C/C=C\CC)OC(=O)CCCCCCCCC/C=C\CCCCCCCCC. The Kier molecular flexibility index (Phi) is 64.3. The van der Waals surface area contributed by atoms with E-state index in [1.807, 2.05) is 0 Å². The van der Waals surface area contributed by atoms with E-state index in [9.17, 15) is 14.4 Å². The number of hydrogen-bond acceptors (Lipinski definition) is 6. The smallest absolute Gasteiger partial charge is 0.306 e. The van der Waals surface area contributed by atoms with Crippen molar-refractivity contribution in [1.29, 1.82) is 0 Å². The average Bonchev–Trinajstić information content (AvgIpc) is 3.46. The Bertz CT molecular complexity index is 1610. The van der Waals surface area contributed by atoms with Gasteiger partial charge in [-0.2, -0.15) is 0 Å². The van der Waals surface area contributed by atoms with E-state index in [1.165, 1.54) is 161 Å². The van der Waals surface area contributed by atoms with E-state index in [0.29, 0.717) is 19.3 Å². The molecule has 1 unspecified atom stereocenters. The second-order valence-electron chi connectivity index (χ2n) is 22.3. The van der Waals surface area contributed by atoms with Gasteiger partial charge in [-0.1, -0.05) is 291 Å². The van der Waals surface area contributed by atoms with Crippen molar-refractivity contribution in [2.24, 2.45) is 0 Å². The fourth-order valence-electron chi connectivity index (χ4n) is 9.48. The minimum atomic E-state index is -0.793. The van der Waals surface area contributed by atoms with E-state index in [2.05, 4.69) is 130 Å². The Morgan fingerprint density at radius 2 is 0.487 bits per heavy atom. The zero-order valence-electron chi connectivity index (χ0n) is 52.6. The lowest BCUT2D eigenvalue weighted by Gasteiger charge is -2.18. The molecular weight excluding hydrogens is 985 g/mol. The van der Waals surface area contributed by atoms with E-state index >= 15 is 0 Å². The number of carbonyl (C=O) groups is 3. The van der Waals surface area contributed by atoms with Crippen LogP contribution in [0.3, 0.4) is 0 Å². The monoisotopic (exact) mass is 1110 g/mol. The summed E-state index contributed by atoms with van der Waals surface area (Å²) < 4.78 is 17.0. The Morgan fingerprint density at radius 3 is 0.775 bits per heavy atom. The fraction of sp³-hybridized carbons (Fsp3) is 0.716. The lowest BCUT2D eigenvalue weighted by molar-refractivity contribution is -0.167. The molecule has 0 spiro atoms. The number of unbranched alkanes of at least 4 members (excludes halogenated alkanes) is 32. The summed E-state index contributed by atoms with van der Waals surface area (Å²) >= 11 is 0. The molecule has 0 bridgehead atoms. The average molecular weight is 1110 g/mol. The first kappa shape index (κ1) is 76.1. The molecule has 0 aromatic carbocycles. The molecule has 0 N–H and O–H groups in total. The zero-order chi connectivity index (χ0) is 57.8. The van der Waals surface area contributed by atoms with Gasteiger partial charge in [-0.3, -0.25) is 14.4 Å². The fourth-order valence-corrected chi connectivity index (χ4v) is 9.48. The van der Waals surface area contributed by atoms with Crippen molar-refractivity contribution >= 4 is 17.9 Å². The van der Waals surface area contributed by atoms with Crippen molar-refractivity contribution in [2.45, 2.75) is 329 Å². The lowest BCUT2D eigenvalue weighted by atomic mass is 10.0. The van der Waals surface area contributed by atoms with Gasteiger partial charge in [-0.15, -0.1) is 0 Å². The minimum Gasteiger partial charge on any atom is -0.462 e. The van der Waals surface area contributed by atoms with Crippen LogP contribution in [0.1, 0.15) is 323 Å². The van der Waals surface area contributed by atoms with Gasteiger partial charge in [-0.25, -0.2) is 0 Å². The number of esters is 3. The summed E-state index contributed by atoms with van der Waals surface area (Å²) in [4.78, 5) is 38.4. The molecule has 6 nitrogen and oxygen atoms in total. The van der Waals surface area contributed by atoms with E-state index in [-0.39, 0.29) is 31.1 Å². The molecule has 0 aliphatic carbocycles. The predicted molar refractivity (Wildman–Crippen MR) is 348 cm³/mol. The summed E-state index contributed by atoms with van der Waals surface area (Å²) in [5, 5.41) is 0. The molecule has 0 aliphatic rings. The third-order valence-electron chi connectivity index (χ3n) is 14.5. The van der Waals surface area contributed by atoms with Gasteiger partial charge in [0.2, 0.25) is 0 Å². The number of ether oxygens (including phenoxy) is 3. The Morgan fingerprint density at radius 1 is 0.263 bits per heavy atom. The van der Waals surface area contributed by atoms with Gasteiger partial charge in [0, 0.05) is 19.3 Å². The molecule has 0 aromatic heterocycles. The van der Waals surface area contributed by atoms with Crippen LogP contribution in [-0.2, 0) is 28.6 Å². The summed E-state index contributed by atoms with van der Waals surface area (Å²) in [6.07, 6.45) is 92.4. The third kappa shape index (κ3) is 64.9. The van der Waals surface area contributed by atoms with Crippen molar-refractivity contribution in [1.82, 2.24) is 0 Å². The van der Waals surface area contributed by atoms with Gasteiger partial charge in [0.05, 0.1) is 0 Å². The molecule has 6 heteroatoms. The van der Waals surface area contributed by atoms with Crippen LogP contribution in [0, 0.1) is 0 Å². The molecular formula is C74H126O6. The minimum absolute atomic E-state index is 0.0872. The van der Waals surface area contributed by atoms with Crippen molar-refractivity contribution in [3.63, 3.8) is 0 Å². The summed E-state index contributed by atoms with van der Waals surface area (Å²) in [6.45, 7) is 6.42. The van der Waals surface area contributed by atoms with Crippen LogP contribution in [0.5, 0.6) is 0 Å². The van der Waals surface area contributed by atoms with E-state index < -0.39 is 6.10 Å². The second kappa shape index (κ2) is 67.6. The molecule has 0 heterocycles. The van der Waals surface area contributed by atoms with Crippen molar-refractivity contribution in [2.75, 3.05) is 13.2 Å². The first-order chi connectivity index (χ1) is 39.5. The molecule has 0 aliphatic heterocycles.